The number of carbonyl (C=O) groups excluding carboxylic acids is 1. The molecule has 1 heterocycles. The predicted octanol–water partition coefficient (Wildman–Crippen LogP) is 1.86. The number of aromatic nitrogens is 2. The molecule has 1 aromatic heterocycles. The van der Waals surface area contributed by atoms with Crippen molar-refractivity contribution in [2.75, 3.05) is 13.2 Å². The molecule has 0 unspecified atom stereocenters. The molecule has 2 rings (SSSR count). The van der Waals surface area contributed by atoms with Crippen molar-refractivity contribution in [3.63, 3.8) is 0 Å². The monoisotopic (exact) mass is 291 g/mol. The van der Waals surface area contributed by atoms with Gasteiger partial charge in [0.05, 0.1) is 29.7 Å². The van der Waals surface area contributed by atoms with E-state index in [1.165, 1.54) is 18.3 Å². The quantitative estimate of drug-likeness (QED) is 0.883. The van der Waals surface area contributed by atoms with Crippen molar-refractivity contribution in [1.29, 1.82) is 0 Å². The minimum atomic E-state index is -0.321. The Morgan fingerprint density at radius 2 is 2.05 bits per heavy atom. The molecule has 21 heavy (non-hydrogen) atoms. The van der Waals surface area contributed by atoms with E-state index in [-0.39, 0.29) is 30.8 Å². The summed E-state index contributed by atoms with van der Waals surface area (Å²) in [5.41, 5.74) is 1.90. The molecule has 0 aliphatic heterocycles. The Morgan fingerprint density at radius 3 is 2.62 bits per heavy atom. The van der Waals surface area contributed by atoms with Gasteiger partial charge < -0.3 is 10.4 Å². The van der Waals surface area contributed by atoms with Crippen molar-refractivity contribution in [3.05, 3.63) is 47.5 Å². The van der Waals surface area contributed by atoms with Gasteiger partial charge in [0.25, 0.3) is 5.91 Å². The summed E-state index contributed by atoms with van der Waals surface area (Å²) in [5.74, 6) is -0.536. The van der Waals surface area contributed by atoms with Gasteiger partial charge in [-0.15, -0.1) is 0 Å². The summed E-state index contributed by atoms with van der Waals surface area (Å²) in [6.07, 6.45) is 1.49. The van der Waals surface area contributed by atoms with Crippen molar-refractivity contribution in [2.45, 2.75) is 19.8 Å². The summed E-state index contributed by atoms with van der Waals surface area (Å²) >= 11 is 0. The molecule has 2 aromatic rings. The maximum Gasteiger partial charge on any atom is 0.254 e. The molecule has 0 radical (unpaired) electrons. The minimum Gasteiger partial charge on any atom is -0.395 e. The number of benzene rings is 1. The van der Waals surface area contributed by atoms with Gasteiger partial charge in [-0.2, -0.15) is 5.10 Å². The molecule has 0 saturated heterocycles. The number of rotatable bonds is 5. The Bertz CT molecular complexity index is 620. The van der Waals surface area contributed by atoms with E-state index in [1.54, 1.807) is 16.8 Å². The highest BCUT2D eigenvalue weighted by Gasteiger charge is 2.20. The Labute approximate surface area is 122 Å². The zero-order valence-corrected chi connectivity index (χ0v) is 12.0. The summed E-state index contributed by atoms with van der Waals surface area (Å²) in [4.78, 5) is 12.1. The summed E-state index contributed by atoms with van der Waals surface area (Å²) in [6, 6.07) is 5.94. The summed E-state index contributed by atoms with van der Waals surface area (Å²) in [7, 11) is 0. The molecule has 6 heteroatoms. The van der Waals surface area contributed by atoms with E-state index in [4.69, 9.17) is 5.11 Å². The number of hydrogen-bond acceptors (Lipinski definition) is 3. The number of amides is 1. The molecule has 0 fully saturated rings. The van der Waals surface area contributed by atoms with Crippen LogP contribution in [-0.4, -0.2) is 33.9 Å². The van der Waals surface area contributed by atoms with Crippen LogP contribution in [0.25, 0.3) is 5.69 Å². The van der Waals surface area contributed by atoms with E-state index < -0.39 is 0 Å². The maximum atomic E-state index is 13.0. The number of hydrogen-bond donors (Lipinski definition) is 2. The fraction of sp³-hybridized carbons (Fsp3) is 0.333. The van der Waals surface area contributed by atoms with Crippen LogP contribution in [0.1, 0.15) is 35.8 Å². The molecule has 5 nitrogen and oxygen atoms in total. The van der Waals surface area contributed by atoms with Gasteiger partial charge in [0, 0.05) is 6.54 Å². The first-order chi connectivity index (χ1) is 10.0. The maximum absolute atomic E-state index is 13.0. The van der Waals surface area contributed by atoms with E-state index in [9.17, 15) is 9.18 Å². The first-order valence-corrected chi connectivity index (χ1v) is 6.77. The number of nitrogens with one attached hydrogen (secondary N) is 1. The molecule has 0 bridgehead atoms. The second-order valence-corrected chi connectivity index (χ2v) is 4.97. The van der Waals surface area contributed by atoms with Gasteiger partial charge in [0.1, 0.15) is 5.82 Å². The van der Waals surface area contributed by atoms with Crippen molar-refractivity contribution >= 4 is 5.91 Å². The van der Waals surface area contributed by atoms with Gasteiger partial charge in [0.2, 0.25) is 0 Å². The lowest BCUT2D eigenvalue weighted by Crippen LogP contribution is -2.27. The van der Waals surface area contributed by atoms with Crippen molar-refractivity contribution < 1.29 is 14.3 Å². The van der Waals surface area contributed by atoms with E-state index in [1.807, 2.05) is 13.8 Å². The average Bonchev–Trinajstić information content (AvgIpc) is 2.90. The van der Waals surface area contributed by atoms with E-state index in [2.05, 4.69) is 10.4 Å². The zero-order chi connectivity index (χ0) is 15.4. The fourth-order valence-corrected chi connectivity index (χ4v) is 2.14. The molecule has 112 valence electrons. The van der Waals surface area contributed by atoms with Crippen LogP contribution in [0.4, 0.5) is 4.39 Å². The number of aliphatic hydroxyl groups is 1. The molecular formula is C15H18FN3O2. The van der Waals surface area contributed by atoms with Crippen LogP contribution in [0.3, 0.4) is 0 Å². The van der Waals surface area contributed by atoms with E-state index in [0.29, 0.717) is 11.3 Å². The summed E-state index contributed by atoms with van der Waals surface area (Å²) in [5, 5.41) is 15.6. The van der Waals surface area contributed by atoms with E-state index in [0.717, 1.165) is 5.69 Å². The zero-order valence-electron chi connectivity index (χ0n) is 12.0. The van der Waals surface area contributed by atoms with Crippen molar-refractivity contribution in [2.24, 2.45) is 0 Å². The second-order valence-electron chi connectivity index (χ2n) is 4.97. The Balaban J connectivity index is 2.41. The van der Waals surface area contributed by atoms with Gasteiger partial charge in [-0.3, -0.25) is 4.79 Å². The first kappa shape index (κ1) is 15.2. The first-order valence-electron chi connectivity index (χ1n) is 6.77. The third-order valence-corrected chi connectivity index (χ3v) is 3.07. The number of carbonyl (C=O) groups is 1. The molecule has 0 aliphatic carbocycles. The lowest BCUT2D eigenvalue weighted by atomic mass is 10.1. The SMILES string of the molecule is CC(C)c1c(C(=O)NCCO)cnn1-c1ccc(F)cc1. The van der Waals surface area contributed by atoms with Gasteiger partial charge in [0.15, 0.2) is 0 Å². The Morgan fingerprint density at radius 1 is 1.38 bits per heavy atom. The van der Waals surface area contributed by atoms with Crippen molar-refractivity contribution in [3.8, 4) is 5.69 Å². The highest BCUT2D eigenvalue weighted by Crippen LogP contribution is 2.23. The molecule has 0 spiro atoms. The van der Waals surface area contributed by atoms with Gasteiger partial charge in [-0.05, 0) is 30.2 Å². The summed E-state index contributed by atoms with van der Waals surface area (Å²) in [6.45, 7) is 3.99. The largest absolute Gasteiger partial charge is 0.395 e. The third-order valence-electron chi connectivity index (χ3n) is 3.07. The lowest BCUT2D eigenvalue weighted by molar-refractivity contribution is 0.0943. The van der Waals surface area contributed by atoms with Crippen LogP contribution in [0.2, 0.25) is 0 Å². The van der Waals surface area contributed by atoms with Crippen LogP contribution in [0.5, 0.6) is 0 Å². The number of halogens is 1. The topological polar surface area (TPSA) is 67.2 Å². The lowest BCUT2D eigenvalue weighted by Gasteiger charge is -2.12. The molecule has 0 saturated carbocycles. The minimum absolute atomic E-state index is 0.0624. The molecule has 1 amide bonds. The Kier molecular flexibility index (Phi) is 4.70. The normalized spacial score (nSPS) is 10.9. The second kappa shape index (κ2) is 6.49. The highest BCUT2D eigenvalue weighted by atomic mass is 19.1. The van der Waals surface area contributed by atoms with Gasteiger partial charge in [-0.1, -0.05) is 13.8 Å². The Hall–Kier alpha value is -2.21. The van der Waals surface area contributed by atoms with Crippen LogP contribution < -0.4 is 5.32 Å². The summed E-state index contributed by atoms with van der Waals surface area (Å²) < 4.78 is 14.7. The molecule has 1 aromatic carbocycles. The van der Waals surface area contributed by atoms with Crippen LogP contribution >= 0.6 is 0 Å². The number of nitrogens with zero attached hydrogens (tertiary/aromatic N) is 2. The molecule has 2 N–H and O–H groups in total. The molecule has 0 atom stereocenters. The fourth-order valence-electron chi connectivity index (χ4n) is 2.14. The standard InChI is InChI=1S/C15H18FN3O2/c1-10(2)14-13(15(21)17-7-8-20)9-18-19(14)12-5-3-11(16)4-6-12/h3-6,9-10,20H,7-8H2,1-2H3,(H,17,21). The van der Waals surface area contributed by atoms with Gasteiger partial charge in [-0.25, -0.2) is 9.07 Å². The molecule has 0 aliphatic rings. The predicted molar refractivity (Wildman–Crippen MR) is 77.0 cm³/mol. The van der Waals surface area contributed by atoms with Crippen LogP contribution in [0, 0.1) is 5.82 Å². The van der Waals surface area contributed by atoms with Gasteiger partial charge >= 0.3 is 0 Å². The highest BCUT2D eigenvalue weighted by molar-refractivity contribution is 5.95. The third kappa shape index (κ3) is 3.28. The van der Waals surface area contributed by atoms with E-state index >= 15 is 0 Å². The molecular weight excluding hydrogens is 273 g/mol. The van der Waals surface area contributed by atoms with Crippen LogP contribution in [0.15, 0.2) is 30.5 Å². The average molecular weight is 291 g/mol. The number of aliphatic hydroxyl groups excluding tert-OH is 1. The van der Waals surface area contributed by atoms with Crippen LogP contribution in [-0.2, 0) is 0 Å². The smallest absolute Gasteiger partial charge is 0.254 e. The van der Waals surface area contributed by atoms with Crippen molar-refractivity contribution in [1.82, 2.24) is 15.1 Å².